The normalized spacial score (nSPS) is 22.6. The van der Waals surface area contributed by atoms with Crippen LogP contribution in [-0.4, -0.2) is 62.3 Å². The third-order valence-electron chi connectivity index (χ3n) is 4.88. The molecule has 0 aromatic heterocycles. The molecule has 2 aliphatic heterocycles. The molecular weight excluding hydrogens is 340 g/mol. The molecule has 0 aliphatic carbocycles. The highest BCUT2D eigenvalue weighted by Crippen LogP contribution is 2.25. The number of hydrogen-bond donors (Lipinski definition) is 1. The molecule has 0 saturated carbocycles. The van der Waals surface area contributed by atoms with E-state index in [1.165, 1.54) is 10.4 Å². The molecule has 2 heterocycles. The molecule has 0 spiro atoms. The molecule has 2 saturated heterocycles. The fraction of sp³-hybridized carbons (Fsp3) is 0.529. The van der Waals surface area contributed by atoms with Crippen LogP contribution < -0.4 is 5.32 Å². The van der Waals surface area contributed by atoms with Crippen molar-refractivity contribution in [3.63, 3.8) is 0 Å². The molecule has 0 radical (unpaired) electrons. The molecule has 1 N–H and O–H groups in total. The Morgan fingerprint density at radius 1 is 1.32 bits per heavy atom. The molecule has 25 heavy (non-hydrogen) atoms. The zero-order valence-electron chi connectivity index (χ0n) is 14.2. The van der Waals surface area contributed by atoms with Crippen LogP contribution >= 0.6 is 0 Å². The Balaban J connectivity index is 1.81. The van der Waals surface area contributed by atoms with Gasteiger partial charge in [0.05, 0.1) is 23.1 Å². The molecule has 134 valence electrons. The third-order valence-corrected chi connectivity index (χ3v) is 6.74. The number of aryl methyl sites for hydroxylation is 1. The number of carbonyl (C=O) groups excluding carboxylic acids is 1. The molecule has 2 fully saturated rings. The smallest absolute Gasteiger partial charge is 0.243 e. The molecule has 1 unspecified atom stereocenters. The lowest BCUT2D eigenvalue weighted by molar-refractivity contribution is -0.135. The predicted molar refractivity (Wildman–Crippen MR) is 92.3 cm³/mol. The molecule has 2 aliphatic rings. The Morgan fingerprint density at radius 3 is 2.80 bits per heavy atom. The summed E-state index contributed by atoms with van der Waals surface area (Å²) in [5.41, 5.74) is 1.12. The molecule has 3 rings (SSSR count). The number of piperazine rings is 1. The fourth-order valence-electron chi connectivity index (χ4n) is 3.47. The van der Waals surface area contributed by atoms with Crippen LogP contribution in [0.3, 0.4) is 0 Å². The van der Waals surface area contributed by atoms with Gasteiger partial charge in [-0.25, -0.2) is 8.42 Å². The molecule has 8 heteroatoms. The number of nitrogens with one attached hydrogen (secondary N) is 1. The van der Waals surface area contributed by atoms with Crippen LogP contribution in [0.2, 0.25) is 0 Å². The molecule has 7 nitrogen and oxygen atoms in total. The Labute approximate surface area is 148 Å². The summed E-state index contributed by atoms with van der Waals surface area (Å²) < 4.78 is 27.4. The maximum absolute atomic E-state index is 13.0. The Morgan fingerprint density at radius 2 is 2.12 bits per heavy atom. The van der Waals surface area contributed by atoms with E-state index in [1.54, 1.807) is 19.1 Å². The van der Waals surface area contributed by atoms with Crippen molar-refractivity contribution in [3.05, 3.63) is 29.3 Å². The summed E-state index contributed by atoms with van der Waals surface area (Å²) >= 11 is 0. The second kappa shape index (κ2) is 7.12. The molecular formula is C17H22N4O3S. The summed E-state index contributed by atoms with van der Waals surface area (Å²) in [7, 11) is -3.63. The average molecular weight is 362 g/mol. The first kappa shape index (κ1) is 17.9. The minimum absolute atomic E-state index is 0.0321. The van der Waals surface area contributed by atoms with Gasteiger partial charge in [0.25, 0.3) is 0 Å². The number of carbonyl (C=O) groups is 1. The van der Waals surface area contributed by atoms with Crippen molar-refractivity contribution in [3.8, 4) is 6.07 Å². The van der Waals surface area contributed by atoms with Crippen molar-refractivity contribution in [2.75, 3.05) is 32.7 Å². The van der Waals surface area contributed by atoms with Crippen LogP contribution in [0.25, 0.3) is 0 Å². The fourth-order valence-corrected chi connectivity index (χ4v) is 5.07. The molecule has 1 aromatic rings. The minimum Gasteiger partial charge on any atom is -0.336 e. The second-order valence-corrected chi connectivity index (χ2v) is 8.45. The molecule has 1 aromatic carbocycles. The Kier molecular flexibility index (Phi) is 5.08. The monoisotopic (exact) mass is 362 g/mol. The van der Waals surface area contributed by atoms with Crippen LogP contribution in [0.1, 0.15) is 24.0 Å². The van der Waals surface area contributed by atoms with Gasteiger partial charge in [-0.2, -0.15) is 9.57 Å². The first-order chi connectivity index (χ1) is 11.9. The number of amides is 1. The van der Waals surface area contributed by atoms with E-state index in [0.29, 0.717) is 37.3 Å². The van der Waals surface area contributed by atoms with E-state index in [1.807, 2.05) is 11.0 Å². The summed E-state index contributed by atoms with van der Waals surface area (Å²) in [4.78, 5) is 14.1. The van der Waals surface area contributed by atoms with Gasteiger partial charge in [0.1, 0.15) is 0 Å². The zero-order valence-corrected chi connectivity index (χ0v) is 15.1. The van der Waals surface area contributed by atoms with Crippen molar-refractivity contribution in [2.24, 2.45) is 0 Å². The minimum atomic E-state index is -3.63. The van der Waals surface area contributed by atoms with Gasteiger partial charge in [0, 0.05) is 32.2 Å². The average Bonchev–Trinajstić information content (AvgIpc) is 2.62. The van der Waals surface area contributed by atoms with E-state index in [2.05, 4.69) is 5.32 Å². The largest absolute Gasteiger partial charge is 0.336 e. The Hall–Kier alpha value is -1.95. The topological polar surface area (TPSA) is 93.5 Å². The number of nitriles is 1. The van der Waals surface area contributed by atoms with E-state index in [0.717, 1.165) is 19.4 Å². The summed E-state index contributed by atoms with van der Waals surface area (Å²) in [6.45, 7) is 4.19. The summed E-state index contributed by atoms with van der Waals surface area (Å²) in [5, 5.41) is 12.1. The zero-order chi connectivity index (χ0) is 18.0. The summed E-state index contributed by atoms with van der Waals surface area (Å²) in [6, 6.07) is 6.56. The lowest BCUT2D eigenvalue weighted by atomic mass is 10.1. The SMILES string of the molecule is Cc1cc(S(=O)(=O)N2CCCC(N3CCNCC3=O)C2)ccc1C#N. The van der Waals surface area contributed by atoms with Crippen molar-refractivity contribution in [1.29, 1.82) is 5.26 Å². The lowest BCUT2D eigenvalue weighted by Gasteiger charge is -2.40. The van der Waals surface area contributed by atoms with Gasteiger partial charge in [-0.15, -0.1) is 0 Å². The van der Waals surface area contributed by atoms with Gasteiger partial charge in [0.15, 0.2) is 0 Å². The summed E-state index contributed by atoms with van der Waals surface area (Å²) in [5.74, 6) is 0.0321. The predicted octanol–water partition coefficient (Wildman–Crippen LogP) is 0.452. The maximum Gasteiger partial charge on any atom is 0.243 e. The molecule has 1 amide bonds. The van der Waals surface area contributed by atoms with Gasteiger partial charge in [-0.05, 0) is 43.5 Å². The van der Waals surface area contributed by atoms with Crippen LogP contribution in [0, 0.1) is 18.3 Å². The second-order valence-electron chi connectivity index (χ2n) is 6.51. The van der Waals surface area contributed by atoms with Crippen LogP contribution in [0.5, 0.6) is 0 Å². The first-order valence-electron chi connectivity index (χ1n) is 8.44. The van der Waals surface area contributed by atoms with Crippen LogP contribution in [0.15, 0.2) is 23.1 Å². The van der Waals surface area contributed by atoms with E-state index >= 15 is 0 Å². The van der Waals surface area contributed by atoms with Crippen molar-refractivity contribution >= 4 is 15.9 Å². The van der Waals surface area contributed by atoms with Gasteiger partial charge < -0.3 is 10.2 Å². The third kappa shape index (κ3) is 3.54. The van der Waals surface area contributed by atoms with Crippen molar-refractivity contribution in [2.45, 2.75) is 30.7 Å². The number of hydrogen-bond acceptors (Lipinski definition) is 5. The highest BCUT2D eigenvalue weighted by atomic mass is 32.2. The number of rotatable bonds is 3. The van der Waals surface area contributed by atoms with E-state index in [-0.39, 0.29) is 16.8 Å². The Bertz CT molecular complexity index is 816. The maximum atomic E-state index is 13.0. The van der Waals surface area contributed by atoms with Crippen molar-refractivity contribution < 1.29 is 13.2 Å². The molecule has 0 bridgehead atoms. The summed E-state index contributed by atoms with van der Waals surface area (Å²) in [6.07, 6.45) is 1.56. The quantitative estimate of drug-likeness (QED) is 0.843. The number of sulfonamides is 1. The van der Waals surface area contributed by atoms with Gasteiger partial charge in [-0.1, -0.05) is 0 Å². The van der Waals surface area contributed by atoms with E-state index in [9.17, 15) is 13.2 Å². The van der Waals surface area contributed by atoms with E-state index < -0.39 is 10.0 Å². The number of piperidine rings is 1. The number of benzene rings is 1. The van der Waals surface area contributed by atoms with Gasteiger partial charge >= 0.3 is 0 Å². The highest BCUT2D eigenvalue weighted by molar-refractivity contribution is 7.89. The highest BCUT2D eigenvalue weighted by Gasteiger charge is 2.35. The standard InChI is InChI=1S/C17H22N4O3S/c1-13-9-16(5-4-14(13)10-18)25(23,24)20-7-2-3-15(12-20)21-8-6-19-11-17(21)22/h4-5,9,15,19H,2-3,6-8,11-12H2,1H3. The number of nitrogens with zero attached hydrogens (tertiary/aromatic N) is 3. The molecule has 1 atom stereocenters. The first-order valence-corrected chi connectivity index (χ1v) is 9.88. The van der Waals surface area contributed by atoms with Crippen LogP contribution in [0.4, 0.5) is 0 Å². The van der Waals surface area contributed by atoms with Crippen LogP contribution in [-0.2, 0) is 14.8 Å². The van der Waals surface area contributed by atoms with Gasteiger partial charge in [0.2, 0.25) is 15.9 Å². The van der Waals surface area contributed by atoms with Crippen molar-refractivity contribution in [1.82, 2.24) is 14.5 Å². The van der Waals surface area contributed by atoms with Gasteiger partial charge in [-0.3, -0.25) is 4.79 Å². The lowest BCUT2D eigenvalue weighted by Crippen LogP contribution is -2.57. The van der Waals surface area contributed by atoms with E-state index in [4.69, 9.17) is 5.26 Å².